The lowest BCUT2D eigenvalue weighted by Crippen LogP contribution is -2.50. The molecule has 0 saturated heterocycles. The molecule has 0 spiro atoms. The minimum Gasteiger partial charge on any atom is -0.380 e. The number of amides is 1. The summed E-state index contributed by atoms with van der Waals surface area (Å²) >= 11 is 0. The van der Waals surface area contributed by atoms with Gasteiger partial charge in [-0.1, -0.05) is 78.9 Å². The number of anilines is 1. The zero-order valence-electron chi connectivity index (χ0n) is 14.7. The van der Waals surface area contributed by atoms with Crippen LogP contribution in [0.1, 0.15) is 16.7 Å². The molecule has 0 radical (unpaired) electrons. The van der Waals surface area contributed by atoms with Gasteiger partial charge in [-0.15, -0.1) is 0 Å². The summed E-state index contributed by atoms with van der Waals surface area (Å²) in [5.74, 6) is -0.661. The number of nitrogens with zero attached hydrogens (tertiary/aromatic N) is 1. The number of hydrogen-bond donors (Lipinski definition) is 1. The molecule has 130 valence electrons. The number of fused-ring (bicyclic) bond motifs is 1. The Morgan fingerprint density at radius 2 is 1.35 bits per heavy atom. The van der Waals surface area contributed by atoms with Gasteiger partial charge in [0.2, 0.25) is 5.91 Å². The zero-order chi connectivity index (χ0) is 18.1. The summed E-state index contributed by atoms with van der Waals surface area (Å²) in [6, 6.07) is 26.9. The van der Waals surface area contributed by atoms with Gasteiger partial charge < -0.3 is 10.0 Å². The maximum Gasteiger partial charge on any atom is 0.233 e. The van der Waals surface area contributed by atoms with E-state index >= 15 is 0 Å². The Kier molecular flexibility index (Phi) is 4.09. The first-order chi connectivity index (χ1) is 12.6. The summed E-state index contributed by atoms with van der Waals surface area (Å²) in [5.41, 5.74) is 2.07. The average Bonchev–Trinajstić information content (AvgIpc) is 2.71. The highest BCUT2D eigenvalue weighted by atomic mass is 16.3. The van der Waals surface area contributed by atoms with Gasteiger partial charge >= 0.3 is 0 Å². The molecule has 0 saturated carbocycles. The third kappa shape index (κ3) is 2.52. The molecule has 1 amide bonds. The first kappa shape index (κ1) is 16.6. The second-order valence-corrected chi connectivity index (χ2v) is 6.78. The van der Waals surface area contributed by atoms with Gasteiger partial charge in [-0.3, -0.25) is 4.79 Å². The van der Waals surface area contributed by atoms with Crippen LogP contribution in [0.5, 0.6) is 0 Å². The van der Waals surface area contributed by atoms with Crippen molar-refractivity contribution in [3.05, 3.63) is 102 Å². The summed E-state index contributed by atoms with van der Waals surface area (Å²) in [6.45, 7) is 0. The molecule has 0 bridgehead atoms. The van der Waals surface area contributed by atoms with Crippen LogP contribution >= 0.6 is 0 Å². The van der Waals surface area contributed by atoms with Crippen molar-refractivity contribution in [1.82, 2.24) is 0 Å². The number of carbonyl (C=O) groups excluding carboxylic acids is 1. The van der Waals surface area contributed by atoms with Crippen molar-refractivity contribution in [2.45, 2.75) is 12.0 Å². The van der Waals surface area contributed by atoms with E-state index in [1.807, 2.05) is 84.9 Å². The number of hydrogen-bond acceptors (Lipinski definition) is 2. The van der Waals surface area contributed by atoms with Crippen LogP contribution < -0.4 is 4.90 Å². The normalized spacial score (nSPS) is 17.1. The SMILES string of the molecule is CN1C(=O)C(C(O)(c2ccccc2)c2ccccc2)Cc2ccccc21. The molecule has 3 nitrogen and oxygen atoms in total. The fourth-order valence-corrected chi connectivity index (χ4v) is 3.95. The molecule has 3 aromatic carbocycles. The largest absolute Gasteiger partial charge is 0.380 e. The van der Waals surface area contributed by atoms with Crippen LogP contribution in [0.4, 0.5) is 5.69 Å². The van der Waals surface area contributed by atoms with Crippen LogP contribution in [-0.2, 0) is 16.8 Å². The smallest absolute Gasteiger partial charge is 0.233 e. The lowest BCUT2D eigenvalue weighted by atomic mass is 9.71. The predicted octanol–water partition coefficient (Wildman–Crippen LogP) is 3.76. The van der Waals surface area contributed by atoms with Crippen molar-refractivity contribution in [2.24, 2.45) is 5.92 Å². The highest BCUT2D eigenvalue weighted by Crippen LogP contribution is 2.43. The Labute approximate surface area is 153 Å². The van der Waals surface area contributed by atoms with Crippen LogP contribution in [0.25, 0.3) is 0 Å². The van der Waals surface area contributed by atoms with Crippen molar-refractivity contribution >= 4 is 11.6 Å². The van der Waals surface area contributed by atoms with Gasteiger partial charge in [0, 0.05) is 12.7 Å². The molecule has 0 aromatic heterocycles. The van der Waals surface area contributed by atoms with E-state index in [4.69, 9.17) is 0 Å². The highest BCUT2D eigenvalue weighted by molar-refractivity contribution is 5.98. The van der Waals surface area contributed by atoms with Crippen molar-refractivity contribution in [2.75, 3.05) is 11.9 Å². The number of carbonyl (C=O) groups is 1. The molecule has 0 aliphatic carbocycles. The lowest BCUT2D eigenvalue weighted by Gasteiger charge is -2.41. The highest BCUT2D eigenvalue weighted by Gasteiger charge is 2.47. The number of aliphatic hydroxyl groups is 1. The van der Waals surface area contributed by atoms with E-state index in [0.717, 1.165) is 22.4 Å². The average molecular weight is 343 g/mol. The zero-order valence-corrected chi connectivity index (χ0v) is 14.7. The van der Waals surface area contributed by atoms with Gasteiger partial charge in [-0.2, -0.15) is 0 Å². The molecule has 4 rings (SSSR count). The summed E-state index contributed by atoms with van der Waals surface area (Å²) in [7, 11) is 1.78. The van der Waals surface area contributed by atoms with Crippen molar-refractivity contribution in [3.8, 4) is 0 Å². The summed E-state index contributed by atoms with van der Waals surface area (Å²) in [4.78, 5) is 14.9. The second kappa shape index (κ2) is 6.43. The van der Waals surface area contributed by atoms with Crippen LogP contribution in [-0.4, -0.2) is 18.1 Å². The molecule has 1 unspecified atom stereocenters. The molecule has 3 heteroatoms. The maximum absolute atomic E-state index is 13.2. The molecule has 0 fully saturated rings. The van der Waals surface area contributed by atoms with E-state index in [2.05, 4.69) is 0 Å². The van der Waals surface area contributed by atoms with Crippen LogP contribution in [0.2, 0.25) is 0 Å². The Morgan fingerprint density at radius 3 is 1.92 bits per heavy atom. The Morgan fingerprint density at radius 1 is 0.846 bits per heavy atom. The van der Waals surface area contributed by atoms with E-state index in [-0.39, 0.29) is 5.91 Å². The predicted molar refractivity (Wildman–Crippen MR) is 103 cm³/mol. The van der Waals surface area contributed by atoms with Gasteiger partial charge in [0.1, 0.15) is 5.60 Å². The summed E-state index contributed by atoms with van der Waals surface area (Å²) < 4.78 is 0. The van der Waals surface area contributed by atoms with E-state index in [0.29, 0.717) is 6.42 Å². The van der Waals surface area contributed by atoms with Crippen molar-refractivity contribution in [3.63, 3.8) is 0 Å². The first-order valence-electron chi connectivity index (χ1n) is 8.81. The molecule has 1 heterocycles. The van der Waals surface area contributed by atoms with E-state index in [9.17, 15) is 9.90 Å². The molecule has 1 N–H and O–H groups in total. The summed E-state index contributed by atoms with van der Waals surface area (Å²) in [5, 5.41) is 11.9. The molecule has 3 aromatic rings. The van der Waals surface area contributed by atoms with Gasteiger partial charge in [0.05, 0.1) is 5.92 Å². The van der Waals surface area contributed by atoms with Gasteiger partial charge in [-0.05, 0) is 29.2 Å². The standard InChI is InChI=1S/C23H21NO2/c1-24-21-15-9-8-10-17(21)16-20(22(24)25)23(26,18-11-4-2-5-12-18)19-13-6-3-7-14-19/h2-15,20,26H,16H2,1H3. The third-order valence-corrected chi connectivity index (χ3v) is 5.34. The van der Waals surface area contributed by atoms with Gasteiger partial charge in [0.15, 0.2) is 0 Å². The fraction of sp³-hybridized carbons (Fsp3) is 0.174. The Bertz CT molecular complexity index is 882. The first-order valence-corrected chi connectivity index (χ1v) is 8.81. The van der Waals surface area contributed by atoms with E-state index in [1.165, 1.54) is 0 Å². The fourth-order valence-electron chi connectivity index (χ4n) is 3.95. The third-order valence-electron chi connectivity index (χ3n) is 5.34. The lowest BCUT2D eigenvalue weighted by molar-refractivity contribution is -0.130. The van der Waals surface area contributed by atoms with E-state index in [1.54, 1.807) is 11.9 Å². The molecule has 26 heavy (non-hydrogen) atoms. The van der Waals surface area contributed by atoms with Gasteiger partial charge in [0.25, 0.3) is 0 Å². The molecular weight excluding hydrogens is 322 g/mol. The molecule has 1 aliphatic heterocycles. The maximum atomic E-state index is 13.2. The minimum absolute atomic E-state index is 0.0705. The quantitative estimate of drug-likeness (QED) is 0.787. The number of para-hydroxylation sites is 1. The van der Waals surface area contributed by atoms with Crippen LogP contribution in [0.15, 0.2) is 84.9 Å². The van der Waals surface area contributed by atoms with Crippen LogP contribution in [0, 0.1) is 5.92 Å². The number of rotatable bonds is 3. The topological polar surface area (TPSA) is 40.5 Å². The van der Waals surface area contributed by atoms with Crippen LogP contribution in [0.3, 0.4) is 0 Å². The molecular formula is C23H21NO2. The van der Waals surface area contributed by atoms with Gasteiger partial charge in [-0.25, -0.2) is 0 Å². The summed E-state index contributed by atoms with van der Waals surface area (Å²) in [6.07, 6.45) is 0.500. The Hall–Kier alpha value is -2.91. The minimum atomic E-state index is -1.39. The second-order valence-electron chi connectivity index (χ2n) is 6.78. The van der Waals surface area contributed by atoms with Crippen molar-refractivity contribution < 1.29 is 9.90 Å². The number of benzene rings is 3. The molecule has 1 aliphatic rings. The molecule has 1 atom stereocenters. The van der Waals surface area contributed by atoms with Crippen molar-refractivity contribution in [1.29, 1.82) is 0 Å². The Balaban J connectivity index is 1.90. The van der Waals surface area contributed by atoms with E-state index < -0.39 is 11.5 Å². The monoisotopic (exact) mass is 343 g/mol.